The van der Waals surface area contributed by atoms with Gasteiger partial charge in [0.2, 0.25) is 0 Å². The highest BCUT2D eigenvalue weighted by Gasteiger charge is 2.35. The van der Waals surface area contributed by atoms with Gasteiger partial charge in [-0.05, 0) is 54.3 Å². The van der Waals surface area contributed by atoms with Crippen LogP contribution < -0.4 is 4.74 Å². The Morgan fingerprint density at radius 1 is 1.22 bits per heavy atom. The highest BCUT2D eigenvalue weighted by molar-refractivity contribution is 6.30. The summed E-state index contributed by atoms with van der Waals surface area (Å²) in [6.45, 7) is 5.82. The molecular weight excluding hydrogens is 367 g/mol. The van der Waals surface area contributed by atoms with Crippen molar-refractivity contribution in [3.05, 3.63) is 64.1 Å². The van der Waals surface area contributed by atoms with Gasteiger partial charge < -0.3 is 9.84 Å². The van der Waals surface area contributed by atoms with E-state index in [0.717, 1.165) is 5.56 Å². The van der Waals surface area contributed by atoms with Gasteiger partial charge in [0.1, 0.15) is 11.5 Å². The highest BCUT2D eigenvalue weighted by Crippen LogP contribution is 2.42. The minimum absolute atomic E-state index is 0.0445. The Kier molecular flexibility index (Phi) is 5.29. The van der Waals surface area contributed by atoms with Gasteiger partial charge in [-0.25, -0.2) is 4.39 Å². The first-order chi connectivity index (χ1) is 12.7. The monoisotopic (exact) mass is 388 g/mol. The molecule has 0 spiro atoms. The van der Waals surface area contributed by atoms with E-state index < -0.39 is 11.2 Å². The maximum absolute atomic E-state index is 14.0. The number of aliphatic hydroxyl groups is 1. The van der Waals surface area contributed by atoms with Gasteiger partial charge in [-0.3, -0.25) is 4.79 Å². The van der Waals surface area contributed by atoms with Crippen LogP contribution in [0.5, 0.6) is 11.5 Å². The summed E-state index contributed by atoms with van der Waals surface area (Å²) in [7, 11) is 0. The number of hydrogen-bond donors (Lipinski definition) is 1. The second-order valence-corrected chi connectivity index (χ2v) is 7.82. The van der Waals surface area contributed by atoms with E-state index in [4.69, 9.17) is 16.3 Å². The first-order valence-electron chi connectivity index (χ1n) is 8.96. The van der Waals surface area contributed by atoms with Crippen LogP contribution in [0.25, 0.3) is 5.57 Å². The number of ether oxygens (including phenoxy) is 1. The molecule has 0 saturated heterocycles. The van der Waals surface area contributed by atoms with E-state index in [1.165, 1.54) is 12.1 Å². The van der Waals surface area contributed by atoms with Crippen molar-refractivity contribution in [3.63, 3.8) is 0 Å². The molecule has 27 heavy (non-hydrogen) atoms. The summed E-state index contributed by atoms with van der Waals surface area (Å²) in [6, 6.07) is 9.44. The lowest BCUT2D eigenvalue weighted by Gasteiger charge is -2.31. The fraction of sp³-hybridized carbons (Fsp3) is 0.318. The third kappa shape index (κ3) is 3.86. The predicted molar refractivity (Wildman–Crippen MR) is 105 cm³/mol. The summed E-state index contributed by atoms with van der Waals surface area (Å²) in [4.78, 5) is 12.6. The van der Waals surface area contributed by atoms with Gasteiger partial charge in [-0.1, -0.05) is 38.4 Å². The van der Waals surface area contributed by atoms with Crippen molar-refractivity contribution in [2.24, 2.45) is 5.41 Å². The molecule has 0 heterocycles. The maximum atomic E-state index is 14.0. The molecule has 3 nitrogen and oxygen atoms in total. The Hall–Kier alpha value is -2.33. The third-order valence-corrected chi connectivity index (χ3v) is 5.22. The van der Waals surface area contributed by atoms with Crippen molar-refractivity contribution in [2.75, 3.05) is 0 Å². The van der Waals surface area contributed by atoms with E-state index in [-0.39, 0.29) is 22.3 Å². The number of carbonyl (C=O) groups excluding carboxylic acids is 1. The van der Waals surface area contributed by atoms with Crippen LogP contribution in [0.15, 0.2) is 42.2 Å². The summed E-state index contributed by atoms with van der Waals surface area (Å²) in [5.41, 5.74) is 1.43. The molecule has 0 radical (unpaired) electrons. The predicted octanol–water partition coefficient (Wildman–Crippen LogP) is 6.49. The Labute approximate surface area is 163 Å². The molecule has 0 aliphatic heterocycles. The van der Waals surface area contributed by atoms with E-state index in [0.29, 0.717) is 36.1 Å². The zero-order valence-corrected chi connectivity index (χ0v) is 16.4. The molecule has 1 aliphatic carbocycles. The lowest BCUT2D eigenvalue weighted by molar-refractivity contribution is -0.115. The standard InChI is InChI=1S/C22H22ClFO3/c1-4-13-5-7-15(27-19-8-6-14(23)11-17(19)24)12-16(13)20-18(25)9-10-22(2,3)21(20)26/h5-8,11-12,26H,4,9-10H2,1-3H3. The molecule has 0 aromatic heterocycles. The van der Waals surface area contributed by atoms with Crippen molar-refractivity contribution in [3.8, 4) is 11.5 Å². The molecular formula is C22H22ClFO3. The van der Waals surface area contributed by atoms with Gasteiger partial charge in [-0.15, -0.1) is 0 Å². The number of benzene rings is 2. The first kappa shape index (κ1) is 19.4. The number of Topliss-reactive ketones (excluding diaryl/α,β-unsaturated/α-hetero) is 1. The van der Waals surface area contributed by atoms with Crippen LogP contribution in [0.2, 0.25) is 5.02 Å². The van der Waals surface area contributed by atoms with E-state index in [1.54, 1.807) is 18.2 Å². The Bertz CT molecular complexity index is 931. The van der Waals surface area contributed by atoms with Crippen LogP contribution in [0.4, 0.5) is 4.39 Å². The lowest BCUT2D eigenvalue weighted by atomic mass is 9.74. The van der Waals surface area contributed by atoms with E-state index in [9.17, 15) is 14.3 Å². The molecule has 0 fully saturated rings. The Balaban J connectivity index is 2.08. The normalized spacial score (nSPS) is 16.6. The topological polar surface area (TPSA) is 46.5 Å². The highest BCUT2D eigenvalue weighted by atomic mass is 35.5. The van der Waals surface area contributed by atoms with E-state index in [2.05, 4.69) is 0 Å². The smallest absolute Gasteiger partial charge is 0.167 e. The molecule has 0 amide bonds. The number of carbonyl (C=O) groups is 1. The lowest BCUT2D eigenvalue weighted by Crippen LogP contribution is -2.25. The van der Waals surface area contributed by atoms with E-state index in [1.807, 2.05) is 26.8 Å². The molecule has 1 N–H and O–H groups in total. The molecule has 0 bridgehead atoms. The van der Waals surface area contributed by atoms with Gasteiger partial charge >= 0.3 is 0 Å². The second-order valence-electron chi connectivity index (χ2n) is 7.38. The molecule has 2 aromatic rings. The van der Waals surface area contributed by atoms with Crippen molar-refractivity contribution in [2.45, 2.75) is 40.0 Å². The van der Waals surface area contributed by atoms with Crippen LogP contribution in [-0.2, 0) is 11.2 Å². The zero-order chi connectivity index (χ0) is 19.8. The number of allylic oxidation sites excluding steroid dienone is 2. The number of aryl methyl sites for hydroxylation is 1. The molecule has 0 saturated carbocycles. The third-order valence-electron chi connectivity index (χ3n) is 4.99. The largest absolute Gasteiger partial charge is 0.511 e. The van der Waals surface area contributed by atoms with Crippen LogP contribution in [0, 0.1) is 11.2 Å². The summed E-state index contributed by atoms with van der Waals surface area (Å²) in [5.74, 6) is -0.122. The minimum Gasteiger partial charge on any atom is -0.511 e. The average molecular weight is 389 g/mol. The zero-order valence-electron chi connectivity index (χ0n) is 15.6. The molecule has 2 aromatic carbocycles. The second kappa shape index (κ2) is 7.35. The molecule has 0 unspecified atom stereocenters. The van der Waals surface area contributed by atoms with Crippen molar-refractivity contribution in [1.29, 1.82) is 0 Å². The number of halogens is 2. The molecule has 1 aliphatic rings. The minimum atomic E-state index is -0.569. The van der Waals surface area contributed by atoms with Gasteiger partial charge in [0, 0.05) is 16.9 Å². The van der Waals surface area contributed by atoms with Crippen molar-refractivity contribution < 1.29 is 19.0 Å². The summed E-state index contributed by atoms with van der Waals surface area (Å²) >= 11 is 5.78. The summed E-state index contributed by atoms with van der Waals surface area (Å²) in [6.07, 6.45) is 1.68. The molecule has 0 atom stereocenters. The average Bonchev–Trinajstić information content (AvgIpc) is 2.62. The molecule has 3 rings (SSSR count). The Morgan fingerprint density at radius 2 is 1.96 bits per heavy atom. The number of aliphatic hydroxyl groups excluding tert-OH is 1. The van der Waals surface area contributed by atoms with Gasteiger partial charge in [0.25, 0.3) is 0 Å². The fourth-order valence-electron chi connectivity index (χ4n) is 3.26. The molecule has 142 valence electrons. The van der Waals surface area contributed by atoms with E-state index >= 15 is 0 Å². The quantitative estimate of drug-likeness (QED) is 0.650. The fourth-order valence-corrected chi connectivity index (χ4v) is 3.42. The number of ketones is 1. The van der Waals surface area contributed by atoms with Crippen molar-refractivity contribution in [1.82, 2.24) is 0 Å². The van der Waals surface area contributed by atoms with Gasteiger partial charge in [0.05, 0.1) is 5.57 Å². The van der Waals surface area contributed by atoms with Gasteiger partial charge in [-0.2, -0.15) is 0 Å². The summed E-state index contributed by atoms with van der Waals surface area (Å²) in [5, 5.41) is 11.0. The van der Waals surface area contributed by atoms with Crippen LogP contribution in [0.1, 0.15) is 44.7 Å². The van der Waals surface area contributed by atoms with Gasteiger partial charge in [0.15, 0.2) is 17.3 Å². The van der Waals surface area contributed by atoms with Crippen LogP contribution >= 0.6 is 11.6 Å². The summed E-state index contributed by atoms with van der Waals surface area (Å²) < 4.78 is 19.7. The first-order valence-corrected chi connectivity index (χ1v) is 9.34. The maximum Gasteiger partial charge on any atom is 0.167 e. The van der Waals surface area contributed by atoms with Crippen molar-refractivity contribution >= 4 is 23.0 Å². The van der Waals surface area contributed by atoms with Crippen LogP contribution in [-0.4, -0.2) is 10.9 Å². The molecule has 5 heteroatoms. The number of hydrogen-bond acceptors (Lipinski definition) is 3. The number of rotatable bonds is 4. The SMILES string of the molecule is CCc1ccc(Oc2ccc(Cl)cc2F)cc1C1=C(O)C(C)(C)CCC1=O. The Morgan fingerprint density at radius 3 is 2.63 bits per heavy atom. The van der Waals surface area contributed by atoms with Crippen LogP contribution in [0.3, 0.4) is 0 Å².